The van der Waals surface area contributed by atoms with Crippen LogP contribution in [-0.4, -0.2) is 32.1 Å². The number of nitrogens with two attached hydrogens (primary N) is 1. The fourth-order valence-electron chi connectivity index (χ4n) is 2.62. The van der Waals surface area contributed by atoms with Gasteiger partial charge >= 0.3 is 0 Å². The van der Waals surface area contributed by atoms with Crippen LogP contribution in [0.1, 0.15) is 12.0 Å². The summed E-state index contributed by atoms with van der Waals surface area (Å²) in [5.41, 5.74) is 10.1. The van der Waals surface area contributed by atoms with E-state index in [1.54, 1.807) is 0 Å². The zero-order chi connectivity index (χ0) is 12.5. The maximum atomic E-state index is 11.4. The van der Waals surface area contributed by atoms with Crippen molar-refractivity contribution in [2.24, 2.45) is 0 Å². The number of fused-ring (bicyclic) bond motifs is 1. The Hall–Kier alpha value is -1.75. The maximum Gasteiger partial charge on any atom is 0.224 e. The van der Waals surface area contributed by atoms with E-state index in [2.05, 4.69) is 15.5 Å². The molecule has 4 N–H and O–H groups in total. The van der Waals surface area contributed by atoms with Gasteiger partial charge in [-0.15, -0.1) is 0 Å². The first-order valence-electron chi connectivity index (χ1n) is 6.42. The molecule has 3 rings (SSSR count). The normalized spacial score (nSPS) is 19.3. The fourth-order valence-corrected chi connectivity index (χ4v) is 2.62. The summed E-state index contributed by atoms with van der Waals surface area (Å²) < 4.78 is 0. The molecule has 0 aliphatic carbocycles. The molecular formula is C13H18N4O. The minimum absolute atomic E-state index is 0.0959. The molecule has 0 atom stereocenters. The van der Waals surface area contributed by atoms with E-state index < -0.39 is 0 Å². The molecule has 2 aliphatic heterocycles. The molecule has 0 radical (unpaired) electrons. The number of nitrogen functional groups attached to an aromatic ring is 1. The van der Waals surface area contributed by atoms with Crippen LogP contribution in [0.4, 0.5) is 17.1 Å². The summed E-state index contributed by atoms with van der Waals surface area (Å²) in [6, 6.07) is 4.03. The van der Waals surface area contributed by atoms with Crippen molar-refractivity contribution in [3.63, 3.8) is 0 Å². The number of hydrogen-bond donors (Lipinski definition) is 3. The van der Waals surface area contributed by atoms with Crippen LogP contribution in [0.2, 0.25) is 0 Å². The molecule has 1 saturated heterocycles. The molecule has 0 bridgehead atoms. The van der Waals surface area contributed by atoms with Crippen molar-refractivity contribution in [3.8, 4) is 0 Å². The third kappa shape index (κ3) is 2.01. The highest BCUT2D eigenvalue weighted by molar-refractivity contribution is 5.95. The van der Waals surface area contributed by atoms with E-state index in [-0.39, 0.29) is 5.91 Å². The predicted octanol–water partition coefficient (Wildman–Crippen LogP) is 0.563. The minimum Gasteiger partial charge on any atom is -0.397 e. The number of anilines is 3. The largest absolute Gasteiger partial charge is 0.397 e. The summed E-state index contributed by atoms with van der Waals surface area (Å²) in [6.45, 7) is 3.86. The molecule has 0 aromatic heterocycles. The Kier molecular flexibility index (Phi) is 2.83. The highest BCUT2D eigenvalue weighted by atomic mass is 16.1. The number of aryl methyl sites for hydroxylation is 1. The van der Waals surface area contributed by atoms with Gasteiger partial charge in [0.1, 0.15) is 0 Å². The van der Waals surface area contributed by atoms with Crippen molar-refractivity contribution in [2.45, 2.75) is 12.8 Å². The Labute approximate surface area is 106 Å². The van der Waals surface area contributed by atoms with Gasteiger partial charge in [0.15, 0.2) is 0 Å². The van der Waals surface area contributed by atoms with E-state index in [0.29, 0.717) is 6.42 Å². The lowest BCUT2D eigenvalue weighted by Crippen LogP contribution is -2.43. The molecule has 5 nitrogen and oxygen atoms in total. The van der Waals surface area contributed by atoms with Gasteiger partial charge in [0, 0.05) is 38.3 Å². The van der Waals surface area contributed by atoms with Crippen molar-refractivity contribution < 1.29 is 4.79 Å². The Bertz CT molecular complexity index is 480. The second-order valence-corrected chi connectivity index (χ2v) is 4.85. The number of benzene rings is 1. The van der Waals surface area contributed by atoms with E-state index in [9.17, 15) is 4.79 Å². The van der Waals surface area contributed by atoms with Crippen LogP contribution >= 0.6 is 0 Å². The summed E-state index contributed by atoms with van der Waals surface area (Å²) in [5, 5.41) is 6.25. The average molecular weight is 246 g/mol. The Morgan fingerprint density at radius 1 is 1.17 bits per heavy atom. The van der Waals surface area contributed by atoms with Gasteiger partial charge in [0.2, 0.25) is 5.91 Å². The predicted molar refractivity (Wildman–Crippen MR) is 72.9 cm³/mol. The lowest BCUT2D eigenvalue weighted by molar-refractivity contribution is -0.116. The molecule has 18 heavy (non-hydrogen) atoms. The Morgan fingerprint density at radius 3 is 2.72 bits per heavy atom. The Morgan fingerprint density at radius 2 is 1.94 bits per heavy atom. The maximum absolute atomic E-state index is 11.4. The van der Waals surface area contributed by atoms with Crippen molar-refractivity contribution in [2.75, 3.05) is 42.1 Å². The van der Waals surface area contributed by atoms with Gasteiger partial charge in [-0.05, 0) is 24.1 Å². The van der Waals surface area contributed by atoms with Crippen LogP contribution in [0.3, 0.4) is 0 Å². The van der Waals surface area contributed by atoms with E-state index >= 15 is 0 Å². The van der Waals surface area contributed by atoms with Gasteiger partial charge < -0.3 is 21.3 Å². The second-order valence-electron chi connectivity index (χ2n) is 4.85. The SMILES string of the molecule is Nc1cc2c(cc1N1CCNCC1)NC(=O)CC2. The molecule has 0 unspecified atom stereocenters. The number of carbonyl (C=O) groups is 1. The molecule has 1 aromatic rings. The van der Waals surface area contributed by atoms with E-state index in [0.717, 1.165) is 55.2 Å². The number of rotatable bonds is 1. The average Bonchev–Trinajstić information content (AvgIpc) is 2.39. The minimum atomic E-state index is 0.0959. The first-order chi connectivity index (χ1) is 8.74. The number of piperazine rings is 1. The zero-order valence-corrected chi connectivity index (χ0v) is 10.3. The van der Waals surface area contributed by atoms with Crippen LogP contribution in [0, 0.1) is 0 Å². The fraction of sp³-hybridized carbons (Fsp3) is 0.462. The summed E-state index contributed by atoms with van der Waals surface area (Å²) in [5.74, 6) is 0.0959. The van der Waals surface area contributed by atoms with Gasteiger partial charge in [0.25, 0.3) is 0 Å². The second kappa shape index (κ2) is 4.49. The van der Waals surface area contributed by atoms with Crippen LogP contribution in [0.5, 0.6) is 0 Å². The molecule has 1 fully saturated rings. The first-order valence-corrected chi connectivity index (χ1v) is 6.42. The quantitative estimate of drug-likeness (QED) is 0.633. The third-order valence-corrected chi connectivity index (χ3v) is 3.61. The van der Waals surface area contributed by atoms with Gasteiger partial charge in [-0.3, -0.25) is 4.79 Å². The van der Waals surface area contributed by atoms with Crippen molar-refractivity contribution in [1.82, 2.24) is 5.32 Å². The highest BCUT2D eigenvalue weighted by Crippen LogP contribution is 2.33. The summed E-state index contributed by atoms with van der Waals surface area (Å²) in [6.07, 6.45) is 1.34. The lowest BCUT2D eigenvalue weighted by Gasteiger charge is -2.31. The number of nitrogens with one attached hydrogen (secondary N) is 2. The van der Waals surface area contributed by atoms with Gasteiger partial charge in [-0.1, -0.05) is 0 Å². The van der Waals surface area contributed by atoms with Crippen LogP contribution in [-0.2, 0) is 11.2 Å². The molecule has 2 aliphatic rings. The molecule has 96 valence electrons. The summed E-state index contributed by atoms with van der Waals surface area (Å²) >= 11 is 0. The highest BCUT2D eigenvalue weighted by Gasteiger charge is 2.19. The lowest BCUT2D eigenvalue weighted by atomic mass is 10.0. The molecule has 2 heterocycles. The van der Waals surface area contributed by atoms with E-state index in [1.165, 1.54) is 0 Å². The van der Waals surface area contributed by atoms with Gasteiger partial charge in [-0.25, -0.2) is 0 Å². The van der Waals surface area contributed by atoms with Crippen molar-refractivity contribution >= 4 is 23.0 Å². The van der Waals surface area contributed by atoms with Crippen molar-refractivity contribution in [3.05, 3.63) is 17.7 Å². The number of hydrogen-bond acceptors (Lipinski definition) is 4. The Balaban J connectivity index is 1.94. The monoisotopic (exact) mass is 246 g/mol. The number of amides is 1. The summed E-state index contributed by atoms with van der Waals surface area (Å²) in [4.78, 5) is 13.7. The molecule has 5 heteroatoms. The zero-order valence-electron chi connectivity index (χ0n) is 10.3. The standard InChI is InChI=1S/C13H18N4O/c14-10-7-9-1-2-13(18)16-11(9)8-12(10)17-5-3-15-4-6-17/h7-8,15H,1-6,14H2,(H,16,18). The first kappa shape index (κ1) is 11.3. The van der Waals surface area contributed by atoms with Crippen LogP contribution in [0.15, 0.2) is 12.1 Å². The topological polar surface area (TPSA) is 70.4 Å². The van der Waals surface area contributed by atoms with Crippen molar-refractivity contribution in [1.29, 1.82) is 0 Å². The molecule has 1 aromatic carbocycles. The molecular weight excluding hydrogens is 228 g/mol. The third-order valence-electron chi connectivity index (χ3n) is 3.61. The smallest absolute Gasteiger partial charge is 0.224 e. The van der Waals surface area contributed by atoms with E-state index in [4.69, 9.17) is 5.73 Å². The van der Waals surface area contributed by atoms with E-state index in [1.807, 2.05) is 12.1 Å². The van der Waals surface area contributed by atoms with Crippen LogP contribution < -0.4 is 21.3 Å². The molecule has 1 amide bonds. The van der Waals surface area contributed by atoms with Gasteiger partial charge in [-0.2, -0.15) is 0 Å². The molecule has 0 saturated carbocycles. The number of nitrogens with zero attached hydrogens (tertiary/aromatic N) is 1. The summed E-state index contributed by atoms with van der Waals surface area (Å²) in [7, 11) is 0. The number of carbonyl (C=O) groups excluding carboxylic acids is 1. The molecule has 0 spiro atoms. The van der Waals surface area contributed by atoms with Crippen LogP contribution in [0.25, 0.3) is 0 Å². The van der Waals surface area contributed by atoms with Gasteiger partial charge in [0.05, 0.1) is 11.4 Å².